The number of hydrogen-bond acceptors (Lipinski definition) is 4. The van der Waals surface area contributed by atoms with Crippen molar-refractivity contribution in [3.63, 3.8) is 0 Å². The summed E-state index contributed by atoms with van der Waals surface area (Å²) in [5.74, 6) is -0.911. The van der Waals surface area contributed by atoms with Crippen LogP contribution in [0, 0.1) is 0 Å². The second-order valence-corrected chi connectivity index (χ2v) is 7.58. The monoisotopic (exact) mass is 420 g/mol. The molecule has 0 unspecified atom stereocenters. The molecular weight excluding hydrogens is 400 g/mol. The Hall–Kier alpha value is -4.32. The summed E-state index contributed by atoms with van der Waals surface area (Å²) in [5.41, 5.74) is 6.98. The number of pyridine rings is 1. The maximum atomic E-state index is 11.2. The van der Waals surface area contributed by atoms with Crippen molar-refractivity contribution < 1.29 is 9.90 Å². The Morgan fingerprint density at radius 1 is 0.812 bits per heavy atom. The molecule has 5 rings (SSSR count). The second-order valence-electron chi connectivity index (χ2n) is 7.58. The number of carboxylic acids is 1. The average molecular weight is 420 g/mol. The third-order valence-corrected chi connectivity index (χ3v) is 5.42. The smallest absolute Gasteiger partial charge is 0.335 e. The zero-order valence-electron chi connectivity index (χ0n) is 17.2. The van der Waals surface area contributed by atoms with Gasteiger partial charge in [0.05, 0.1) is 29.3 Å². The van der Waals surface area contributed by atoms with Crippen molar-refractivity contribution in [2.24, 2.45) is 0 Å². The van der Waals surface area contributed by atoms with E-state index in [0.29, 0.717) is 5.56 Å². The van der Waals surface area contributed by atoms with Gasteiger partial charge in [-0.1, -0.05) is 42.5 Å². The first kappa shape index (κ1) is 19.6. The number of carbonyl (C=O) groups is 1. The highest BCUT2D eigenvalue weighted by Crippen LogP contribution is 2.25. The second kappa shape index (κ2) is 8.43. The maximum absolute atomic E-state index is 11.2. The lowest BCUT2D eigenvalue weighted by atomic mass is 10.0. The van der Waals surface area contributed by atoms with Crippen LogP contribution in [0.5, 0.6) is 0 Å². The molecule has 0 aliphatic heterocycles. The molecule has 0 radical (unpaired) electrons. The molecule has 0 fully saturated rings. The third kappa shape index (κ3) is 3.98. The number of carboxylic acid groups (broad SMARTS) is 1. The minimum absolute atomic E-state index is 0.307. The Kier molecular flexibility index (Phi) is 5.17. The minimum Gasteiger partial charge on any atom is -0.478 e. The summed E-state index contributed by atoms with van der Waals surface area (Å²) in [7, 11) is 0. The summed E-state index contributed by atoms with van der Waals surface area (Å²) >= 11 is 0. The molecular formula is C26H20N4O2. The first-order valence-electron chi connectivity index (χ1n) is 10.3. The summed E-state index contributed by atoms with van der Waals surface area (Å²) < 4.78 is 1.83. The first-order chi connectivity index (χ1) is 15.7. The molecule has 5 aromatic rings. The van der Waals surface area contributed by atoms with Crippen molar-refractivity contribution in [2.75, 3.05) is 0 Å². The first-order valence-corrected chi connectivity index (χ1v) is 10.3. The van der Waals surface area contributed by atoms with E-state index < -0.39 is 5.97 Å². The SMILES string of the molecule is O=C(O)c1cccc(CCc2cnn3c(-c4ccnc(-c5ccccc5)c4)cnc3c2)c1. The minimum atomic E-state index is -0.911. The molecule has 6 heteroatoms. The van der Waals surface area contributed by atoms with Crippen LogP contribution in [0.25, 0.3) is 28.2 Å². The van der Waals surface area contributed by atoms with Gasteiger partial charge in [0.15, 0.2) is 5.65 Å². The fraction of sp³-hybridized carbons (Fsp3) is 0.0769. The zero-order chi connectivity index (χ0) is 21.9. The molecule has 0 bridgehead atoms. The topological polar surface area (TPSA) is 80.4 Å². The van der Waals surface area contributed by atoms with Crippen molar-refractivity contribution in [1.82, 2.24) is 19.6 Å². The number of rotatable bonds is 6. The van der Waals surface area contributed by atoms with Crippen molar-refractivity contribution in [1.29, 1.82) is 0 Å². The lowest BCUT2D eigenvalue weighted by Crippen LogP contribution is -2.00. The Labute approximate surface area is 184 Å². The number of hydrogen-bond donors (Lipinski definition) is 1. The van der Waals surface area contributed by atoms with Gasteiger partial charge in [0.2, 0.25) is 0 Å². The van der Waals surface area contributed by atoms with Gasteiger partial charge in [0.25, 0.3) is 0 Å². The van der Waals surface area contributed by atoms with E-state index in [1.807, 2.05) is 71.5 Å². The molecule has 32 heavy (non-hydrogen) atoms. The van der Waals surface area contributed by atoms with Gasteiger partial charge >= 0.3 is 5.97 Å². The van der Waals surface area contributed by atoms with Crippen molar-refractivity contribution in [3.05, 3.63) is 108 Å². The molecule has 2 aromatic carbocycles. The van der Waals surface area contributed by atoms with Crippen LogP contribution in [0.4, 0.5) is 0 Å². The number of fused-ring (bicyclic) bond motifs is 1. The highest BCUT2D eigenvalue weighted by Gasteiger charge is 2.10. The molecule has 0 saturated heterocycles. The molecule has 0 aliphatic carbocycles. The molecule has 0 spiro atoms. The van der Waals surface area contributed by atoms with E-state index in [4.69, 9.17) is 5.11 Å². The van der Waals surface area contributed by atoms with Crippen LogP contribution in [0.3, 0.4) is 0 Å². The summed E-state index contributed by atoms with van der Waals surface area (Å²) in [6, 6.07) is 23.1. The summed E-state index contributed by atoms with van der Waals surface area (Å²) in [4.78, 5) is 20.2. The normalized spacial score (nSPS) is 11.0. The fourth-order valence-electron chi connectivity index (χ4n) is 3.75. The van der Waals surface area contributed by atoms with Crippen LogP contribution in [0.2, 0.25) is 0 Å². The van der Waals surface area contributed by atoms with Gasteiger partial charge in [0, 0.05) is 17.3 Å². The van der Waals surface area contributed by atoms with Crippen molar-refractivity contribution in [2.45, 2.75) is 12.8 Å². The molecule has 0 atom stereocenters. The van der Waals surface area contributed by atoms with E-state index in [1.54, 1.807) is 24.4 Å². The summed E-state index contributed by atoms with van der Waals surface area (Å²) in [6.07, 6.45) is 6.96. The lowest BCUT2D eigenvalue weighted by Gasteiger charge is -2.06. The Balaban J connectivity index is 1.39. The highest BCUT2D eigenvalue weighted by atomic mass is 16.4. The Morgan fingerprint density at radius 3 is 2.50 bits per heavy atom. The van der Waals surface area contributed by atoms with Gasteiger partial charge in [-0.15, -0.1) is 0 Å². The fourth-order valence-corrected chi connectivity index (χ4v) is 3.75. The van der Waals surface area contributed by atoms with Crippen molar-refractivity contribution in [3.8, 4) is 22.5 Å². The molecule has 6 nitrogen and oxygen atoms in total. The van der Waals surface area contributed by atoms with E-state index >= 15 is 0 Å². The molecule has 3 aromatic heterocycles. The molecule has 0 aliphatic rings. The predicted octanol–water partition coefficient (Wildman–Crippen LogP) is 4.94. The van der Waals surface area contributed by atoms with Crippen LogP contribution in [-0.4, -0.2) is 30.7 Å². The van der Waals surface area contributed by atoms with E-state index in [-0.39, 0.29) is 0 Å². The zero-order valence-corrected chi connectivity index (χ0v) is 17.2. The van der Waals surface area contributed by atoms with Crippen LogP contribution < -0.4 is 0 Å². The lowest BCUT2D eigenvalue weighted by molar-refractivity contribution is 0.0696. The Bertz CT molecular complexity index is 1410. The largest absolute Gasteiger partial charge is 0.478 e. The Morgan fingerprint density at radius 2 is 1.66 bits per heavy atom. The van der Waals surface area contributed by atoms with Gasteiger partial charge in [0.1, 0.15) is 0 Å². The van der Waals surface area contributed by atoms with E-state index in [9.17, 15) is 4.79 Å². The van der Waals surface area contributed by atoms with Crippen LogP contribution >= 0.6 is 0 Å². The third-order valence-electron chi connectivity index (χ3n) is 5.42. The van der Waals surface area contributed by atoms with Gasteiger partial charge in [-0.05, 0) is 54.3 Å². The molecule has 3 heterocycles. The molecule has 156 valence electrons. The van der Waals surface area contributed by atoms with Crippen LogP contribution in [-0.2, 0) is 12.8 Å². The number of aromatic carboxylic acids is 1. The van der Waals surface area contributed by atoms with E-state index in [2.05, 4.69) is 15.1 Å². The van der Waals surface area contributed by atoms with Gasteiger partial charge < -0.3 is 5.11 Å². The van der Waals surface area contributed by atoms with Crippen molar-refractivity contribution >= 4 is 11.6 Å². The number of aromatic nitrogens is 4. The predicted molar refractivity (Wildman–Crippen MR) is 122 cm³/mol. The average Bonchev–Trinajstić information content (AvgIpc) is 3.27. The number of imidazole rings is 1. The molecule has 1 N–H and O–H groups in total. The number of benzene rings is 2. The highest BCUT2D eigenvalue weighted by molar-refractivity contribution is 5.87. The quantitative estimate of drug-likeness (QED) is 0.421. The van der Waals surface area contributed by atoms with E-state index in [1.165, 1.54) is 0 Å². The molecule has 0 amide bonds. The maximum Gasteiger partial charge on any atom is 0.335 e. The van der Waals surface area contributed by atoms with Crippen LogP contribution in [0.15, 0.2) is 91.4 Å². The van der Waals surface area contributed by atoms with Gasteiger partial charge in [-0.25, -0.2) is 14.3 Å². The molecule has 0 saturated carbocycles. The standard InChI is InChI=1S/C26H20N4O2/c31-26(32)22-8-4-5-18(13-22)9-10-19-14-25-28-17-24(30(25)29-16-19)21-11-12-27-23(15-21)20-6-2-1-3-7-20/h1-8,11-17H,9-10H2,(H,31,32). The number of nitrogens with zero attached hydrogens (tertiary/aromatic N) is 4. The summed E-state index contributed by atoms with van der Waals surface area (Å²) in [6.45, 7) is 0. The van der Waals surface area contributed by atoms with E-state index in [0.717, 1.165) is 52.1 Å². The van der Waals surface area contributed by atoms with Crippen LogP contribution in [0.1, 0.15) is 21.5 Å². The summed E-state index contributed by atoms with van der Waals surface area (Å²) in [5, 5.41) is 13.8. The van der Waals surface area contributed by atoms with Gasteiger partial charge in [-0.3, -0.25) is 4.98 Å². The van der Waals surface area contributed by atoms with Gasteiger partial charge in [-0.2, -0.15) is 5.10 Å². The number of aryl methyl sites for hydroxylation is 2.